The van der Waals surface area contributed by atoms with Crippen LogP contribution in [0.1, 0.15) is 11.1 Å². The van der Waals surface area contributed by atoms with Gasteiger partial charge in [-0.3, -0.25) is 4.79 Å². The van der Waals surface area contributed by atoms with E-state index < -0.39 is 21.8 Å². The molecule has 2 aromatic carbocycles. The van der Waals surface area contributed by atoms with Crippen LogP contribution in [0.3, 0.4) is 0 Å². The molecule has 1 amide bonds. The van der Waals surface area contributed by atoms with Gasteiger partial charge in [-0.25, -0.2) is 8.42 Å². The van der Waals surface area contributed by atoms with E-state index in [4.69, 9.17) is 11.6 Å². The first-order valence-electron chi connectivity index (χ1n) is 9.83. The average molecular weight is 490 g/mol. The lowest BCUT2D eigenvalue weighted by atomic mass is 10.1. The molecular formula is C21H23ClF3N3O3S. The van der Waals surface area contributed by atoms with E-state index in [9.17, 15) is 26.4 Å². The Morgan fingerprint density at radius 1 is 1.06 bits per heavy atom. The molecule has 0 bridgehead atoms. The summed E-state index contributed by atoms with van der Waals surface area (Å²) >= 11 is 5.86. The highest BCUT2D eigenvalue weighted by Crippen LogP contribution is 2.31. The standard InChI is InChI=1S/C21H23ClF3N3O3S/c1-32(30,31)28(14-16-5-7-18(22)8-6-16)15-20(29)27-11-9-26(10-12-27)19-4-2-3-17(13-19)21(23,24)25/h2-8,13H,9-12,14-15H2,1H3. The van der Waals surface area contributed by atoms with Crippen LogP contribution in [-0.2, 0) is 27.5 Å². The molecule has 0 unspecified atom stereocenters. The van der Waals surface area contributed by atoms with Gasteiger partial charge in [-0.1, -0.05) is 29.8 Å². The van der Waals surface area contributed by atoms with Gasteiger partial charge < -0.3 is 9.80 Å². The van der Waals surface area contributed by atoms with E-state index in [0.717, 1.165) is 22.7 Å². The van der Waals surface area contributed by atoms with Crippen LogP contribution in [0.15, 0.2) is 48.5 Å². The number of alkyl halides is 3. The van der Waals surface area contributed by atoms with E-state index >= 15 is 0 Å². The summed E-state index contributed by atoms with van der Waals surface area (Å²) in [5.41, 5.74) is 0.411. The van der Waals surface area contributed by atoms with Gasteiger partial charge in [0.25, 0.3) is 0 Å². The van der Waals surface area contributed by atoms with Gasteiger partial charge in [0.15, 0.2) is 0 Å². The van der Waals surface area contributed by atoms with Crippen molar-refractivity contribution in [3.05, 3.63) is 64.7 Å². The second kappa shape index (κ2) is 9.68. The van der Waals surface area contributed by atoms with E-state index in [2.05, 4.69) is 0 Å². The van der Waals surface area contributed by atoms with E-state index in [0.29, 0.717) is 29.4 Å². The Morgan fingerprint density at radius 3 is 2.25 bits per heavy atom. The Bertz CT molecular complexity index is 1050. The number of sulfonamides is 1. The largest absolute Gasteiger partial charge is 0.416 e. The molecule has 174 valence electrons. The summed E-state index contributed by atoms with van der Waals surface area (Å²) in [7, 11) is -3.64. The van der Waals surface area contributed by atoms with E-state index in [1.54, 1.807) is 35.2 Å². The van der Waals surface area contributed by atoms with Gasteiger partial charge in [-0.05, 0) is 35.9 Å². The summed E-state index contributed by atoms with van der Waals surface area (Å²) in [6.45, 7) is 0.991. The van der Waals surface area contributed by atoms with E-state index in [1.165, 1.54) is 11.0 Å². The SMILES string of the molecule is CS(=O)(=O)N(CC(=O)N1CCN(c2cccc(C(F)(F)F)c2)CC1)Cc1ccc(Cl)cc1. The summed E-state index contributed by atoms with van der Waals surface area (Å²) in [6, 6.07) is 11.7. The number of amides is 1. The zero-order valence-corrected chi connectivity index (χ0v) is 18.9. The summed E-state index contributed by atoms with van der Waals surface area (Å²) in [4.78, 5) is 16.1. The highest BCUT2D eigenvalue weighted by Gasteiger charge is 2.31. The molecule has 0 saturated carbocycles. The van der Waals surface area contributed by atoms with Crippen molar-refractivity contribution in [2.75, 3.05) is 43.9 Å². The van der Waals surface area contributed by atoms with Gasteiger partial charge in [0.1, 0.15) is 0 Å². The smallest absolute Gasteiger partial charge is 0.368 e. The van der Waals surface area contributed by atoms with Gasteiger partial charge >= 0.3 is 6.18 Å². The van der Waals surface area contributed by atoms with Crippen molar-refractivity contribution in [3.63, 3.8) is 0 Å². The van der Waals surface area contributed by atoms with Crippen LogP contribution in [0, 0.1) is 0 Å². The maximum atomic E-state index is 13.0. The molecule has 1 heterocycles. The highest BCUT2D eigenvalue weighted by molar-refractivity contribution is 7.88. The summed E-state index contributed by atoms with van der Waals surface area (Å²) in [6.07, 6.45) is -3.38. The number of hydrogen-bond donors (Lipinski definition) is 0. The van der Waals surface area contributed by atoms with Gasteiger partial charge in [0.2, 0.25) is 15.9 Å². The minimum Gasteiger partial charge on any atom is -0.368 e. The van der Waals surface area contributed by atoms with Crippen molar-refractivity contribution >= 4 is 33.2 Å². The lowest BCUT2D eigenvalue weighted by Gasteiger charge is -2.37. The third kappa shape index (κ3) is 6.36. The lowest BCUT2D eigenvalue weighted by molar-refractivity contribution is -0.137. The van der Waals surface area contributed by atoms with Crippen LogP contribution in [0.5, 0.6) is 0 Å². The number of piperazine rings is 1. The molecule has 1 aliphatic heterocycles. The predicted octanol–water partition coefficient (Wildman–Crippen LogP) is 3.47. The number of hydrogen-bond acceptors (Lipinski definition) is 4. The number of anilines is 1. The number of carbonyl (C=O) groups excluding carboxylic acids is 1. The van der Waals surface area contributed by atoms with Gasteiger partial charge in [-0.15, -0.1) is 0 Å². The maximum absolute atomic E-state index is 13.0. The fraction of sp³-hybridized carbons (Fsp3) is 0.381. The normalized spacial score (nSPS) is 15.3. The maximum Gasteiger partial charge on any atom is 0.416 e. The predicted molar refractivity (Wildman–Crippen MR) is 117 cm³/mol. The molecule has 0 spiro atoms. The molecule has 0 aromatic heterocycles. The number of rotatable bonds is 6. The number of halogens is 4. The number of benzene rings is 2. The van der Waals surface area contributed by atoms with Crippen molar-refractivity contribution < 1.29 is 26.4 Å². The molecule has 11 heteroatoms. The summed E-state index contributed by atoms with van der Waals surface area (Å²) in [5.74, 6) is -0.354. The zero-order chi connectivity index (χ0) is 23.5. The highest BCUT2D eigenvalue weighted by atomic mass is 35.5. The van der Waals surface area contributed by atoms with Gasteiger partial charge in [0.05, 0.1) is 18.4 Å². The Morgan fingerprint density at radius 2 is 1.69 bits per heavy atom. The molecule has 1 fully saturated rings. The summed E-state index contributed by atoms with van der Waals surface area (Å²) < 4.78 is 64.4. The monoisotopic (exact) mass is 489 g/mol. The minimum absolute atomic E-state index is 0.0337. The third-order valence-corrected chi connectivity index (χ3v) is 6.67. The fourth-order valence-electron chi connectivity index (χ4n) is 3.43. The van der Waals surface area contributed by atoms with Crippen LogP contribution >= 0.6 is 11.6 Å². The lowest BCUT2D eigenvalue weighted by Crippen LogP contribution is -2.51. The van der Waals surface area contributed by atoms with Crippen molar-refractivity contribution in [1.82, 2.24) is 9.21 Å². The topological polar surface area (TPSA) is 60.9 Å². The molecule has 0 N–H and O–H groups in total. The first-order chi connectivity index (χ1) is 14.9. The fourth-order valence-corrected chi connectivity index (χ4v) is 4.28. The van der Waals surface area contributed by atoms with Crippen molar-refractivity contribution in [2.24, 2.45) is 0 Å². The Balaban J connectivity index is 1.62. The van der Waals surface area contributed by atoms with Crippen molar-refractivity contribution in [3.8, 4) is 0 Å². The Kier molecular flexibility index (Phi) is 7.36. The molecule has 0 aliphatic carbocycles. The molecule has 1 saturated heterocycles. The molecular weight excluding hydrogens is 467 g/mol. The molecule has 0 atom stereocenters. The van der Waals surface area contributed by atoms with Crippen molar-refractivity contribution in [2.45, 2.75) is 12.7 Å². The second-order valence-electron chi connectivity index (χ2n) is 7.57. The van der Waals surface area contributed by atoms with Crippen LogP contribution in [0.4, 0.5) is 18.9 Å². The molecule has 2 aromatic rings. The van der Waals surface area contributed by atoms with Crippen LogP contribution in [0.25, 0.3) is 0 Å². The van der Waals surface area contributed by atoms with Crippen LogP contribution in [0.2, 0.25) is 5.02 Å². The van der Waals surface area contributed by atoms with Gasteiger partial charge in [0, 0.05) is 43.4 Å². The van der Waals surface area contributed by atoms with E-state index in [-0.39, 0.29) is 32.1 Å². The van der Waals surface area contributed by atoms with Crippen LogP contribution in [-0.4, -0.2) is 62.5 Å². The van der Waals surface area contributed by atoms with Crippen molar-refractivity contribution in [1.29, 1.82) is 0 Å². The average Bonchev–Trinajstić information content (AvgIpc) is 2.73. The quantitative estimate of drug-likeness (QED) is 0.623. The molecule has 3 rings (SSSR count). The first kappa shape index (κ1) is 24.3. The molecule has 32 heavy (non-hydrogen) atoms. The van der Waals surface area contributed by atoms with Crippen LogP contribution < -0.4 is 4.90 Å². The zero-order valence-electron chi connectivity index (χ0n) is 17.3. The second-order valence-corrected chi connectivity index (χ2v) is 9.99. The Hall–Kier alpha value is -2.30. The van der Waals surface area contributed by atoms with E-state index in [1.807, 2.05) is 0 Å². The number of nitrogens with zero attached hydrogens (tertiary/aromatic N) is 3. The number of carbonyl (C=O) groups is 1. The first-order valence-corrected chi connectivity index (χ1v) is 12.1. The summed E-state index contributed by atoms with van der Waals surface area (Å²) in [5, 5.41) is 0.523. The Labute approximate surface area is 190 Å². The minimum atomic E-state index is -4.42. The molecule has 0 radical (unpaired) electrons. The molecule has 1 aliphatic rings. The molecule has 6 nitrogen and oxygen atoms in total. The third-order valence-electron chi connectivity index (χ3n) is 5.22. The van der Waals surface area contributed by atoms with Gasteiger partial charge in [-0.2, -0.15) is 17.5 Å².